The molecule has 1 atom stereocenters. The predicted molar refractivity (Wildman–Crippen MR) is 101 cm³/mol. The van der Waals surface area contributed by atoms with Crippen molar-refractivity contribution < 1.29 is 4.79 Å². The van der Waals surface area contributed by atoms with Crippen LogP contribution in [0.4, 0.5) is 0 Å². The van der Waals surface area contributed by atoms with Gasteiger partial charge in [0.25, 0.3) is 0 Å². The van der Waals surface area contributed by atoms with Gasteiger partial charge in [0, 0.05) is 20.0 Å². The summed E-state index contributed by atoms with van der Waals surface area (Å²) in [6.07, 6.45) is 6.16. The Balaban J connectivity index is 1.90. The van der Waals surface area contributed by atoms with E-state index in [1.54, 1.807) is 19.0 Å². The number of para-hydroxylation sites is 1. The number of thioether (sulfide) groups is 1. The molecule has 0 radical (unpaired) electrons. The third kappa shape index (κ3) is 4.24. The van der Waals surface area contributed by atoms with Crippen LogP contribution in [0.3, 0.4) is 0 Å². The first-order chi connectivity index (χ1) is 12.1. The summed E-state index contributed by atoms with van der Waals surface area (Å²) in [6, 6.07) is 10.2. The van der Waals surface area contributed by atoms with Gasteiger partial charge in [0.1, 0.15) is 5.82 Å². The van der Waals surface area contributed by atoms with Crippen molar-refractivity contribution in [2.45, 2.75) is 55.4 Å². The molecule has 1 aliphatic rings. The zero-order valence-electron chi connectivity index (χ0n) is 15.2. The van der Waals surface area contributed by atoms with E-state index in [4.69, 9.17) is 10.1 Å². The van der Waals surface area contributed by atoms with Crippen LogP contribution in [0.1, 0.15) is 50.8 Å². The molecule has 0 N–H and O–H groups in total. The lowest BCUT2D eigenvalue weighted by Gasteiger charge is -2.21. The Morgan fingerprint density at radius 3 is 2.52 bits per heavy atom. The molecule has 0 aliphatic heterocycles. The minimum atomic E-state index is -0.194. The monoisotopic (exact) mass is 358 g/mol. The molecular weight excluding hydrogens is 332 g/mol. The van der Waals surface area contributed by atoms with Gasteiger partial charge in [-0.25, -0.2) is 9.67 Å². The Bertz CT molecular complexity index is 707. The fraction of sp³-hybridized carbons (Fsp3) is 0.526. The van der Waals surface area contributed by atoms with Gasteiger partial charge >= 0.3 is 0 Å². The molecule has 25 heavy (non-hydrogen) atoms. The highest BCUT2D eigenvalue weighted by Gasteiger charge is 2.25. The van der Waals surface area contributed by atoms with E-state index >= 15 is 0 Å². The summed E-state index contributed by atoms with van der Waals surface area (Å²) >= 11 is 1.44. The lowest BCUT2D eigenvalue weighted by Crippen LogP contribution is -2.29. The molecule has 1 aromatic heterocycles. The largest absolute Gasteiger partial charge is 0.348 e. The maximum absolute atomic E-state index is 12.2. The van der Waals surface area contributed by atoms with Crippen LogP contribution in [0.2, 0.25) is 0 Å². The maximum atomic E-state index is 12.2. The Kier molecular flexibility index (Phi) is 5.78. The van der Waals surface area contributed by atoms with Crippen molar-refractivity contribution in [2.24, 2.45) is 0 Å². The summed E-state index contributed by atoms with van der Waals surface area (Å²) in [7, 11) is 3.56. The lowest BCUT2D eigenvalue weighted by molar-refractivity contribution is -0.127. The van der Waals surface area contributed by atoms with Gasteiger partial charge in [-0.3, -0.25) is 4.79 Å². The molecule has 1 aromatic carbocycles. The van der Waals surface area contributed by atoms with Crippen LogP contribution < -0.4 is 0 Å². The number of amides is 1. The molecule has 1 fully saturated rings. The number of carbonyl (C=O) groups excluding carboxylic acids is 1. The first-order valence-electron chi connectivity index (χ1n) is 8.96. The van der Waals surface area contributed by atoms with Gasteiger partial charge < -0.3 is 4.90 Å². The van der Waals surface area contributed by atoms with Crippen molar-refractivity contribution in [3.8, 4) is 5.69 Å². The average molecular weight is 359 g/mol. The van der Waals surface area contributed by atoms with Crippen molar-refractivity contribution in [2.75, 3.05) is 14.1 Å². The molecule has 6 heteroatoms. The van der Waals surface area contributed by atoms with Crippen LogP contribution in [-0.2, 0) is 4.79 Å². The Morgan fingerprint density at radius 2 is 1.88 bits per heavy atom. The van der Waals surface area contributed by atoms with Crippen LogP contribution in [0.25, 0.3) is 5.69 Å². The molecule has 1 amide bonds. The van der Waals surface area contributed by atoms with E-state index < -0.39 is 0 Å². The number of hydrogen-bond donors (Lipinski definition) is 0. The number of benzene rings is 1. The standard InChI is InChI=1S/C19H26N4OS/c1-14(18(24)22(2)3)25-19-20-17(15-10-6-4-7-11-15)23(21-19)16-12-8-5-9-13-16/h5,8-9,12-15H,4,6-7,10-11H2,1-3H3/t14-/m0/s1. The van der Waals surface area contributed by atoms with Crippen LogP contribution >= 0.6 is 11.8 Å². The van der Waals surface area contributed by atoms with Crippen molar-refractivity contribution >= 4 is 17.7 Å². The Hall–Kier alpha value is -1.82. The second-order valence-corrected chi connectivity index (χ2v) is 8.14. The molecule has 1 saturated carbocycles. The SMILES string of the molecule is C[C@H](Sc1nc(C2CCCCC2)n(-c2ccccc2)n1)C(=O)N(C)C. The molecule has 0 bridgehead atoms. The van der Waals surface area contributed by atoms with Gasteiger partial charge in [0.15, 0.2) is 0 Å². The molecule has 134 valence electrons. The Morgan fingerprint density at radius 1 is 1.20 bits per heavy atom. The van der Waals surface area contributed by atoms with E-state index in [1.165, 1.54) is 43.9 Å². The highest BCUT2D eigenvalue weighted by Crippen LogP contribution is 2.34. The zero-order valence-corrected chi connectivity index (χ0v) is 16.0. The fourth-order valence-electron chi connectivity index (χ4n) is 3.31. The molecule has 0 saturated heterocycles. The highest BCUT2D eigenvalue weighted by molar-refractivity contribution is 8.00. The van der Waals surface area contributed by atoms with Gasteiger partial charge in [-0.15, -0.1) is 5.10 Å². The lowest BCUT2D eigenvalue weighted by atomic mass is 9.88. The van der Waals surface area contributed by atoms with Crippen molar-refractivity contribution in [3.05, 3.63) is 36.2 Å². The number of nitrogens with zero attached hydrogens (tertiary/aromatic N) is 4. The van der Waals surface area contributed by atoms with E-state index in [0.29, 0.717) is 11.1 Å². The normalized spacial score (nSPS) is 16.6. The summed E-state index contributed by atoms with van der Waals surface area (Å²) in [6.45, 7) is 1.91. The number of hydrogen-bond acceptors (Lipinski definition) is 4. The minimum Gasteiger partial charge on any atom is -0.348 e. The number of rotatable bonds is 5. The first-order valence-corrected chi connectivity index (χ1v) is 9.84. The predicted octanol–water partition coefficient (Wildman–Crippen LogP) is 3.88. The summed E-state index contributed by atoms with van der Waals surface area (Å²) in [5.41, 5.74) is 1.04. The molecule has 1 aliphatic carbocycles. The second-order valence-electron chi connectivity index (χ2n) is 6.83. The summed E-state index contributed by atoms with van der Waals surface area (Å²) < 4.78 is 1.98. The highest BCUT2D eigenvalue weighted by atomic mass is 32.2. The topological polar surface area (TPSA) is 51.0 Å². The molecule has 2 aromatic rings. The van der Waals surface area contributed by atoms with Crippen LogP contribution in [0.5, 0.6) is 0 Å². The number of aromatic nitrogens is 3. The minimum absolute atomic E-state index is 0.0836. The second kappa shape index (κ2) is 8.04. The smallest absolute Gasteiger partial charge is 0.235 e. The summed E-state index contributed by atoms with van der Waals surface area (Å²) in [4.78, 5) is 18.6. The molecule has 5 nitrogen and oxygen atoms in total. The van der Waals surface area contributed by atoms with E-state index in [9.17, 15) is 4.79 Å². The van der Waals surface area contributed by atoms with Gasteiger partial charge in [-0.2, -0.15) is 0 Å². The third-order valence-corrected chi connectivity index (χ3v) is 5.59. The molecule has 1 heterocycles. The van der Waals surface area contributed by atoms with Crippen LogP contribution in [0, 0.1) is 0 Å². The van der Waals surface area contributed by atoms with E-state index in [2.05, 4.69) is 12.1 Å². The van der Waals surface area contributed by atoms with E-state index in [0.717, 1.165) is 11.5 Å². The third-order valence-electron chi connectivity index (χ3n) is 4.65. The quantitative estimate of drug-likeness (QED) is 0.761. The maximum Gasteiger partial charge on any atom is 0.235 e. The molecular formula is C19H26N4OS. The van der Waals surface area contributed by atoms with Crippen molar-refractivity contribution in [3.63, 3.8) is 0 Å². The van der Waals surface area contributed by atoms with Gasteiger partial charge in [0.05, 0.1) is 10.9 Å². The van der Waals surface area contributed by atoms with Crippen molar-refractivity contribution in [1.82, 2.24) is 19.7 Å². The van der Waals surface area contributed by atoms with Crippen LogP contribution in [0.15, 0.2) is 35.5 Å². The van der Waals surface area contributed by atoms with Gasteiger partial charge in [0.2, 0.25) is 11.1 Å². The summed E-state index contributed by atoms with van der Waals surface area (Å²) in [5, 5.41) is 5.23. The number of carbonyl (C=O) groups is 1. The molecule has 0 unspecified atom stereocenters. The average Bonchev–Trinajstić information content (AvgIpc) is 3.06. The first kappa shape index (κ1) is 18.0. The fourth-order valence-corrected chi connectivity index (χ4v) is 4.21. The van der Waals surface area contributed by atoms with E-state index in [1.807, 2.05) is 29.8 Å². The van der Waals surface area contributed by atoms with Gasteiger partial charge in [-0.1, -0.05) is 49.2 Å². The van der Waals surface area contributed by atoms with Crippen molar-refractivity contribution in [1.29, 1.82) is 0 Å². The van der Waals surface area contributed by atoms with Crippen LogP contribution in [-0.4, -0.2) is 44.9 Å². The molecule has 0 spiro atoms. The van der Waals surface area contributed by atoms with E-state index in [-0.39, 0.29) is 11.2 Å². The summed E-state index contributed by atoms with van der Waals surface area (Å²) in [5.74, 6) is 1.58. The Labute approximate surface area is 153 Å². The molecule has 3 rings (SSSR count). The van der Waals surface area contributed by atoms with Gasteiger partial charge in [-0.05, 0) is 31.9 Å². The zero-order chi connectivity index (χ0) is 17.8.